The van der Waals surface area contributed by atoms with Gasteiger partial charge in [-0.2, -0.15) is 10.2 Å². The maximum Gasteiger partial charge on any atom is 0.345 e. The van der Waals surface area contributed by atoms with Gasteiger partial charge in [0, 0.05) is 18.3 Å². The third-order valence-electron chi connectivity index (χ3n) is 4.56. The van der Waals surface area contributed by atoms with Crippen molar-refractivity contribution in [3.8, 4) is 0 Å². The van der Waals surface area contributed by atoms with Crippen molar-refractivity contribution >= 4 is 12.0 Å². The number of hydrogen-bond acceptors (Lipinski definition) is 4. The highest BCUT2D eigenvalue weighted by Crippen LogP contribution is 2.42. The largest absolute Gasteiger partial charge is 0.479 e. The van der Waals surface area contributed by atoms with E-state index in [1.165, 1.54) is 0 Å². The highest BCUT2D eigenvalue weighted by atomic mass is 16.5. The molecule has 2 aromatic rings. The third-order valence-corrected chi connectivity index (χ3v) is 4.56. The van der Waals surface area contributed by atoms with E-state index in [2.05, 4.69) is 5.10 Å². The first-order valence-electron chi connectivity index (χ1n) is 7.69. The van der Waals surface area contributed by atoms with Crippen LogP contribution in [-0.2, 0) is 17.8 Å². The maximum absolute atomic E-state index is 12.0. The Balaban J connectivity index is 1.64. The van der Waals surface area contributed by atoms with Gasteiger partial charge in [0.25, 0.3) is 0 Å². The molecule has 0 saturated carbocycles. The monoisotopic (exact) mass is 328 g/mol. The maximum atomic E-state index is 12.0. The first-order valence-corrected chi connectivity index (χ1v) is 7.69. The van der Waals surface area contributed by atoms with Crippen LogP contribution in [0, 0.1) is 0 Å². The lowest BCUT2D eigenvalue weighted by Gasteiger charge is -2.25. The smallest absolute Gasteiger partial charge is 0.345 e. The Hall–Kier alpha value is -2.87. The molecule has 1 fully saturated rings. The van der Waals surface area contributed by atoms with Crippen molar-refractivity contribution in [3.63, 3.8) is 0 Å². The Morgan fingerprint density at radius 2 is 2.04 bits per heavy atom. The molecular weight excluding hydrogens is 312 g/mol. The van der Waals surface area contributed by atoms with Crippen LogP contribution in [0.25, 0.3) is 0 Å². The van der Waals surface area contributed by atoms with E-state index in [-0.39, 0.29) is 6.54 Å². The lowest BCUT2D eigenvalue weighted by molar-refractivity contribution is -0.142. The van der Waals surface area contributed by atoms with Gasteiger partial charge in [-0.1, -0.05) is 30.3 Å². The van der Waals surface area contributed by atoms with E-state index in [1.54, 1.807) is 10.9 Å². The minimum atomic E-state index is -1.15. The molecule has 2 aliphatic heterocycles. The quantitative estimate of drug-likeness (QED) is 0.827. The molecule has 8 nitrogen and oxygen atoms in total. The van der Waals surface area contributed by atoms with Crippen LogP contribution in [0.2, 0.25) is 0 Å². The van der Waals surface area contributed by atoms with E-state index in [1.807, 2.05) is 30.3 Å². The number of carboxylic acids is 1. The van der Waals surface area contributed by atoms with Crippen LogP contribution in [0.15, 0.2) is 36.5 Å². The van der Waals surface area contributed by atoms with Gasteiger partial charge in [0.15, 0.2) is 6.04 Å². The molecule has 124 valence electrons. The summed E-state index contributed by atoms with van der Waals surface area (Å²) in [5.41, 5.74) is 2.08. The van der Waals surface area contributed by atoms with Crippen molar-refractivity contribution in [2.75, 3.05) is 6.54 Å². The lowest BCUT2D eigenvalue weighted by atomic mass is 9.98. The minimum Gasteiger partial charge on any atom is -0.479 e. The van der Waals surface area contributed by atoms with E-state index in [0.717, 1.165) is 16.9 Å². The van der Waals surface area contributed by atoms with E-state index in [4.69, 9.17) is 0 Å². The summed E-state index contributed by atoms with van der Waals surface area (Å²) in [6.07, 6.45) is 2.49. The summed E-state index contributed by atoms with van der Waals surface area (Å²) >= 11 is 0. The predicted octanol–water partition coefficient (Wildman–Crippen LogP) is 1.43. The topological polar surface area (TPSA) is 98.9 Å². The number of aliphatic carboxylic acids is 1. The molecule has 4 rings (SSSR count). The van der Waals surface area contributed by atoms with Gasteiger partial charge in [-0.05, 0) is 12.0 Å². The number of nitrogens with zero attached hydrogens (tertiary/aromatic N) is 4. The molecule has 3 heterocycles. The summed E-state index contributed by atoms with van der Waals surface area (Å²) in [5, 5.41) is 24.4. The van der Waals surface area contributed by atoms with Crippen LogP contribution in [0.1, 0.15) is 28.9 Å². The second-order valence-electron chi connectivity index (χ2n) is 6.00. The van der Waals surface area contributed by atoms with Gasteiger partial charge in [0.2, 0.25) is 0 Å². The van der Waals surface area contributed by atoms with Crippen LogP contribution in [0.3, 0.4) is 0 Å². The number of aryl methyl sites for hydroxylation is 2. The molecule has 1 aromatic carbocycles. The zero-order valence-electron chi connectivity index (χ0n) is 12.7. The second-order valence-corrected chi connectivity index (χ2v) is 6.00. The zero-order chi connectivity index (χ0) is 16.8. The van der Waals surface area contributed by atoms with Gasteiger partial charge in [-0.25, -0.2) is 9.59 Å². The number of aromatic nitrogens is 2. The Morgan fingerprint density at radius 1 is 1.29 bits per heavy atom. The van der Waals surface area contributed by atoms with Crippen LogP contribution < -0.4 is 0 Å². The summed E-state index contributed by atoms with van der Waals surface area (Å²) in [6, 6.07) is 7.51. The summed E-state index contributed by atoms with van der Waals surface area (Å²) in [7, 11) is 0. The van der Waals surface area contributed by atoms with Gasteiger partial charge < -0.3 is 10.0 Å². The average molecular weight is 328 g/mol. The number of urea groups is 1. The van der Waals surface area contributed by atoms with E-state index < -0.39 is 24.1 Å². The molecule has 2 aliphatic rings. The minimum absolute atomic E-state index is 0.156. The first kappa shape index (κ1) is 14.7. The lowest BCUT2D eigenvalue weighted by Crippen LogP contribution is -2.38. The van der Waals surface area contributed by atoms with Gasteiger partial charge >= 0.3 is 12.0 Å². The molecule has 24 heavy (non-hydrogen) atoms. The van der Waals surface area contributed by atoms with Crippen molar-refractivity contribution < 1.29 is 19.9 Å². The molecule has 0 unspecified atom stereocenters. The molecule has 0 radical (unpaired) electrons. The van der Waals surface area contributed by atoms with Crippen LogP contribution in [0.5, 0.6) is 0 Å². The Morgan fingerprint density at radius 3 is 2.75 bits per heavy atom. The molecule has 2 bridgehead atoms. The second kappa shape index (κ2) is 5.34. The standard InChI is InChI=1S/C16H16N4O4/c21-15(22)14-13-11(12-9-19(14)16(23)20(12)24)8-18(17-13)7-6-10-4-2-1-3-5-10/h1-5,8,12,14,24H,6-7,9H2,(H,21,22)/t12-,14-/m0/s1. The number of fused-ring (bicyclic) bond motifs is 4. The molecule has 0 aliphatic carbocycles. The number of hydrogen-bond donors (Lipinski definition) is 2. The number of rotatable bonds is 4. The number of benzene rings is 1. The third kappa shape index (κ3) is 2.15. The fourth-order valence-corrected chi connectivity index (χ4v) is 3.37. The Labute approximate surface area is 137 Å². The summed E-state index contributed by atoms with van der Waals surface area (Å²) in [6.45, 7) is 0.749. The number of carbonyl (C=O) groups is 2. The number of amides is 2. The fourth-order valence-electron chi connectivity index (χ4n) is 3.37. The number of hydroxylamine groups is 2. The van der Waals surface area contributed by atoms with Crippen LogP contribution in [0.4, 0.5) is 4.79 Å². The summed E-state index contributed by atoms with van der Waals surface area (Å²) < 4.78 is 1.69. The van der Waals surface area contributed by atoms with Crippen LogP contribution in [-0.4, -0.2) is 48.6 Å². The molecule has 2 atom stereocenters. The van der Waals surface area contributed by atoms with Crippen molar-refractivity contribution in [3.05, 3.63) is 53.3 Å². The van der Waals surface area contributed by atoms with Gasteiger partial charge in [-0.3, -0.25) is 9.89 Å². The SMILES string of the molecule is O=C(O)[C@@H]1c2nn(CCc3ccccc3)cc2[C@@H]2CN1C(=O)N2O. The Bertz CT molecular complexity index is 804. The molecular formula is C16H16N4O4. The highest BCUT2D eigenvalue weighted by molar-refractivity contribution is 5.86. The van der Waals surface area contributed by atoms with Crippen molar-refractivity contribution in [2.45, 2.75) is 25.0 Å². The molecule has 2 N–H and O–H groups in total. The summed E-state index contributed by atoms with van der Waals surface area (Å²) in [5.74, 6) is -1.15. The summed E-state index contributed by atoms with van der Waals surface area (Å²) in [4.78, 5) is 24.7. The zero-order valence-corrected chi connectivity index (χ0v) is 12.7. The number of carboxylic acid groups (broad SMARTS) is 1. The molecule has 0 spiro atoms. The van der Waals surface area contributed by atoms with Crippen molar-refractivity contribution in [2.24, 2.45) is 0 Å². The normalized spacial score (nSPS) is 22.0. The van der Waals surface area contributed by atoms with Crippen molar-refractivity contribution in [1.82, 2.24) is 19.7 Å². The molecule has 8 heteroatoms. The van der Waals surface area contributed by atoms with E-state index >= 15 is 0 Å². The Kier molecular flexibility index (Phi) is 3.27. The number of carbonyl (C=O) groups excluding carboxylic acids is 1. The van der Waals surface area contributed by atoms with Crippen molar-refractivity contribution in [1.29, 1.82) is 0 Å². The average Bonchev–Trinajstić information content (AvgIpc) is 3.10. The molecule has 1 saturated heterocycles. The van der Waals surface area contributed by atoms with E-state index in [9.17, 15) is 19.9 Å². The fraction of sp³-hybridized carbons (Fsp3) is 0.312. The first-order chi connectivity index (χ1) is 11.6. The van der Waals surface area contributed by atoms with Gasteiger partial charge in [-0.15, -0.1) is 0 Å². The molecule has 1 aromatic heterocycles. The van der Waals surface area contributed by atoms with Gasteiger partial charge in [0.1, 0.15) is 11.7 Å². The molecule has 2 amide bonds. The van der Waals surface area contributed by atoms with Gasteiger partial charge in [0.05, 0.1) is 6.54 Å². The predicted molar refractivity (Wildman–Crippen MR) is 81.2 cm³/mol. The van der Waals surface area contributed by atoms with Crippen LogP contribution >= 0.6 is 0 Å². The highest BCUT2D eigenvalue weighted by Gasteiger charge is 2.51. The van der Waals surface area contributed by atoms with E-state index in [0.29, 0.717) is 22.9 Å².